The molecular weight excluding hydrogens is 198 g/mol. The van der Waals surface area contributed by atoms with Gasteiger partial charge in [-0.1, -0.05) is 45.4 Å². The van der Waals surface area contributed by atoms with Gasteiger partial charge in [0.25, 0.3) is 0 Å². The zero-order valence-electron chi connectivity index (χ0n) is 10.9. The molecule has 0 radical (unpaired) electrons. The van der Waals surface area contributed by atoms with Gasteiger partial charge in [-0.25, -0.2) is 0 Å². The standard InChI is InChI=1S/C14H29NO/c1-2-13(9-11-16)12-15-10-8-14-6-4-3-5-7-14/h13-16H,2-12H2,1H3. The van der Waals surface area contributed by atoms with Gasteiger partial charge >= 0.3 is 0 Å². The van der Waals surface area contributed by atoms with E-state index >= 15 is 0 Å². The van der Waals surface area contributed by atoms with Crippen molar-refractivity contribution in [2.75, 3.05) is 19.7 Å². The van der Waals surface area contributed by atoms with Gasteiger partial charge in [0.1, 0.15) is 0 Å². The molecule has 2 heteroatoms. The summed E-state index contributed by atoms with van der Waals surface area (Å²) in [6.07, 6.45) is 10.8. The van der Waals surface area contributed by atoms with Crippen LogP contribution in [0.1, 0.15) is 58.3 Å². The van der Waals surface area contributed by atoms with Crippen LogP contribution in [0.25, 0.3) is 0 Å². The maximum absolute atomic E-state index is 8.90. The van der Waals surface area contributed by atoms with Crippen molar-refractivity contribution < 1.29 is 5.11 Å². The topological polar surface area (TPSA) is 32.3 Å². The van der Waals surface area contributed by atoms with E-state index in [4.69, 9.17) is 5.11 Å². The van der Waals surface area contributed by atoms with Crippen LogP contribution in [0.15, 0.2) is 0 Å². The maximum atomic E-state index is 8.90. The maximum Gasteiger partial charge on any atom is 0.0434 e. The highest BCUT2D eigenvalue weighted by Crippen LogP contribution is 2.25. The average molecular weight is 227 g/mol. The Hall–Kier alpha value is -0.0800. The molecule has 0 aromatic carbocycles. The first-order valence-corrected chi connectivity index (χ1v) is 7.18. The van der Waals surface area contributed by atoms with Gasteiger partial charge in [-0.05, 0) is 37.8 Å². The second-order valence-electron chi connectivity index (χ2n) is 5.28. The third kappa shape index (κ3) is 5.86. The molecule has 0 saturated heterocycles. The Morgan fingerprint density at radius 1 is 1.25 bits per heavy atom. The summed E-state index contributed by atoms with van der Waals surface area (Å²) in [5.74, 6) is 1.65. The average Bonchev–Trinajstić information content (AvgIpc) is 2.34. The summed E-state index contributed by atoms with van der Waals surface area (Å²) >= 11 is 0. The lowest BCUT2D eigenvalue weighted by molar-refractivity contribution is 0.249. The Balaban J connectivity index is 1.97. The SMILES string of the molecule is CCC(CCO)CNCCC1CCCCC1. The Morgan fingerprint density at radius 3 is 2.62 bits per heavy atom. The van der Waals surface area contributed by atoms with Crippen LogP contribution < -0.4 is 5.32 Å². The highest BCUT2D eigenvalue weighted by molar-refractivity contribution is 4.67. The molecule has 1 rings (SSSR count). The van der Waals surface area contributed by atoms with Crippen molar-refractivity contribution >= 4 is 0 Å². The minimum absolute atomic E-state index is 0.336. The van der Waals surface area contributed by atoms with Crippen LogP contribution in [0, 0.1) is 11.8 Å². The van der Waals surface area contributed by atoms with Gasteiger partial charge in [0.15, 0.2) is 0 Å². The molecule has 2 N–H and O–H groups in total. The molecule has 0 aromatic heterocycles. The van der Waals surface area contributed by atoms with Crippen LogP contribution in [-0.4, -0.2) is 24.8 Å². The van der Waals surface area contributed by atoms with Gasteiger partial charge in [-0.15, -0.1) is 0 Å². The molecule has 0 heterocycles. The molecule has 0 aromatic rings. The van der Waals surface area contributed by atoms with E-state index in [1.165, 1.54) is 51.5 Å². The molecule has 1 unspecified atom stereocenters. The highest BCUT2D eigenvalue weighted by Gasteiger charge is 2.12. The number of hydrogen-bond donors (Lipinski definition) is 2. The summed E-state index contributed by atoms with van der Waals surface area (Å²) in [6.45, 7) is 4.81. The van der Waals surface area contributed by atoms with Crippen molar-refractivity contribution in [3.63, 3.8) is 0 Å². The molecule has 1 atom stereocenters. The fraction of sp³-hybridized carbons (Fsp3) is 1.00. The fourth-order valence-electron chi connectivity index (χ4n) is 2.72. The van der Waals surface area contributed by atoms with Crippen molar-refractivity contribution in [2.24, 2.45) is 11.8 Å². The van der Waals surface area contributed by atoms with Gasteiger partial charge in [-0.3, -0.25) is 0 Å². The van der Waals surface area contributed by atoms with Crippen molar-refractivity contribution in [3.05, 3.63) is 0 Å². The number of hydrogen-bond acceptors (Lipinski definition) is 2. The van der Waals surface area contributed by atoms with E-state index in [1.807, 2.05) is 0 Å². The second kappa shape index (κ2) is 9.00. The van der Waals surface area contributed by atoms with Crippen LogP contribution in [0.4, 0.5) is 0 Å². The first kappa shape index (κ1) is 14.0. The quantitative estimate of drug-likeness (QED) is 0.625. The van der Waals surface area contributed by atoms with E-state index < -0.39 is 0 Å². The third-order valence-corrected chi connectivity index (χ3v) is 4.00. The van der Waals surface area contributed by atoms with Crippen molar-refractivity contribution in [1.29, 1.82) is 0 Å². The fourth-order valence-corrected chi connectivity index (χ4v) is 2.72. The lowest BCUT2D eigenvalue weighted by Gasteiger charge is -2.22. The second-order valence-corrected chi connectivity index (χ2v) is 5.28. The molecule has 2 nitrogen and oxygen atoms in total. The van der Waals surface area contributed by atoms with E-state index in [1.54, 1.807) is 0 Å². The number of nitrogens with one attached hydrogen (secondary N) is 1. The molecule has 1 aliphatic rings. The predicted octanol–water partition coefficient (Wildman–Crippen LogP) is 2.96. The van der Waals surface area contributed by atoms with Gasteiger partial charge in [0, 0.05) is 6.61 Å². The molecule has 1 saturated carbocycles. The number of rotatable bonds is 8. The molecule has 1 aliphatic carbocycles. The minimum atomic E-state index is 0.336. The van der Waals surface area contributed by atoms with E-state index in [9.17, 15) is 0 Å². The van der Waals surface area contributed by atoms with Gasteiger partial charge in [0.2, 0.25) is 0 Å². The van der Waals surface area contributed by atoms with Crippen molar-refractivity contribution in [3.8, 4) is 0 Å². The van der Waals surface area contributed by atoms with Gasteiger partial charge in [0.05, 0.1) is 0 Å². The summed E-state index contributed by atoms with van der Waals surface area (Å²) < 4.78 is 0. The molecule has 1 fully saturated rings. The highest BCUT2D eigenvalue weighted by atomic mass is 16.3. The third-order valence-electron chi connectivity index (χ3n) is 4.00. The molecule has 0 amide bonds. The largest absolute Gasteiger partial charge is 0.396 e. The van der Waals surface area contributed by atoms with Gasteiger partial charge < -0.3 is 10.4 Å². The molecule has 0 bridgehead atoms. The summed E-state index contributed by atoms with van der Waals surface area (Å²) in [5, 5.41) is 12.5. The normalized spacial score (nSPS) is 19.9. The number of aliphatic hydroxyl groups is 1. The Morgan fingerprint density at radius 2 is 2.00 bits per heavy atom. The predicted molar refractivity (Wildman–Crippen MR) is 69.5 cm³/mol. The number of aliphatic hydroxyl groups excluding tert-OH is 1. The van der Waals surface area contributed by atoms with Crippen molar-refractivity contribution in [2.45, 2.75) is 58.3 Å². The Kier molecular flexibility index (Phi) is 7.87. The van der Waals surface area contributed by atoms with Crippen LogP contribution in [0.3, 0.4) is 0 Å². The zero-order chi connectivity index (χ0) is 11.6. The molecule has 96 valence electrons. The molecule has 16 heavy (non-hydrogen) atoms. The first-order valence-electron chi connectivity index (χ1n) is 7.18. The van der Waals surface area contributed by atoms with Gasteiger partial charge in [-0.2, -0.15) is 0 Å². The first-order chi connectivity index (χ1) is 7.86. The van der Waals surface area contributed by atoms with Crippen LogP contribution in [0.5, 0.6) is 0 Å². The van der Waals surface area contributed by atoms with E-state index in [2.05, 4.69) is 12.2 Å². The smallest absolute Gasteiger partial charge is 0.0434 e. The van der Waals surface area contributed by atoms with E-state index in [0.29, 0.717) is 12.5 Å². The Bertz CT molecular complexity index is 148. The summed E-state index contributed by atoms with van der Waals surface area (Å²) in [5.41, 5.74) is 0. The lowest BCUT2D eigenvalue weighted by atomic mass is 9.87. The Labute approximate surface area is 101 Å². The van der Waals surface area contributed by atoms with E-state index in [0.717, 1.165) is 18.9 Å². The monoisotopic (exact) mass is 227 g/mol. The summed E-state index contributed by atoms with van der Waals surface area (Å²) in [7, 11) is 0. The van der Waals surface area contributed by atoms with Crippen molar-refractivity contribution in [1.82, 2.24) is 5.32 Å². The van der Waals surface area contributed by atoms with E-state index in [-0.39, 0.29) is 0 Å². The molecular formula is C14H29NO. The van der Waals surface area contributed by atoms with Crippen LogP contribution >= 0.6 is 0 Å². The summed E-state index contributed by atoms with van der Waals surface area (Å²) in [6, 6.07) is 0. The van der Waals surface area contributed by atoms with Crippen LogP contribution in [0.2, 0.25) is 0 Å². The molecule has 0 spiro atoms. The minimum Gasteiger partial charge on any atom is -0.396 e. The molecule has 0 aliphatic heterocycles. The lowest BCUT2D eigenvalue weighted by Crippen LogP contribution is -2.26. The van der Waals surface area contributed by atoms with Crippen LogP contribution in [-0.2, 0) is 0 Å². The summed E-state index contributed by atoms with van der Waals surface area (Å²) in [4.78, 5) is 0. The zero-order valence-corrected chi connectivity index (χ0v) is 10.9.